The highest BCUT2D eigenvalue weighted by Crippen LogP contribution is 2.31. The lowest BCUT2D eigenvalue weighted by Gasteiger charge is -2.19. The highest BCUT2D eigenvalue weighted by Gasteiger charge is 2.30. The van der Waals surface area contributed by atoms with Crippen LogP contribution in [0.4, 0.5) is 22.7 Å². The van der Waals surface area contributed by atoms with Crippen molar-refractivity contribution >= 4 is 57.9 Å². The van der Waals surface area contributed by atoms with Crippen LogP contribution in [0.15, 0.2) is 122 Å². The number of pyridine rings is 4. The number of fused-ring (bicyclic) bond motifs is 2. The molecule has 14 nitrogen and oxygen atoms in total. The Morgan fingerprint density at radius 3 is 0.985 bits per heavy atom. The summed E-state index contributed by atoms with van der Waals surface area (Å²) in [7, 11) is 0. The van der Waals surface area contributed by atoms with E-state index < -0.39 is 0 Å². The van der Waals surface area contributed by atoms with E-state index in [2.05, 4.69) is 41.2 Å². The van der Waals surface area contributed by atoms with Crippen LogP contribution >= 0.6 is 0 Å². The summed E-state index contributed by atoms with van der Waals surface area (Å²) in [5, 5.41) is 11.6. The lowest BCUT2D eigenvalue weighted by molar-refractivity contribution is -0.117. The molecule has 4 aromatic heterocycles. The quantitative estimate of drug-likeness (QED) is 0.0423. The summed E-state index contributed by atoms with van der Waals surface area (Å²) < 4.78 is 0. The molecule has 2 aromatic carbocycles. The second-order valence-electron chi connectivity index (χ2n) is 16.9. The van der Waals surface area contributed by atoms with Crippen molar-refractivity contribution in [1.29, 1.82) is 0 Å². The van der Waals surface area contributed by atoms with Gasteiger partial charge in [0, 0.05) is 95.5 Å². The number of amides is 4. The molecule has 6 aromatic rings. The number of anilines is 4. The Hall–Kier alpha value is -7.74. The van der Waals surface area contributed by atoms with Crippen molar-refractivity contribution in [3.8, 4) is 22.8 Å². The number of rotatable bonds is 24. The monoisotopic (exact) mass is 912 g/mol. The third kappa shape index (κ3) is 14.1. The first kappa shape index (κ1) is 48.2. The Morgan fingerprint density at radius 2 is 0.647 bits per heavy atom. The molecule has 14 heteroatoms. The summed E-state index contributed by atoms with van der Waals surface area (Å²) >= 11 is 0. The molecule has 0 bridgehead atoms. The first-order chi connectivity index (χ1) is 33.2. The van der Waals surface area contributed by atoms with Gasteiger partial charge >= 0.3 is 0 Å². The molecule has 0 radical (unpaired) electrons. The maximum atomic E-state index is 13.6. The zero-order valence-electron chi connectivity index (χ0n) is 38.1. The van der Waals surface area contributed by atoms with Crippen LogP contribution in [0.2, 0.25) is 0 Å². The minimum absolute atomic E-state index is 0.0461. The summed E-state index contributed by atoms with van der Waals surface area (Å²) in [6, 6.07) is 27.8. The summed E-state index contributed by atoms with van der Waals surface area (Å²) in [5.74, 6) is -1.08. The molecule has 68 heavy (non-hydrogen) atoms. The van der Waals surface area contributed by atoms with Gasteiger partial charge in [-0.3, -0.25) is 48.7 Å². The van der Waals surface area contributed by atoms with Crippen LogP contribution in [0.1, 0.15) is 135 Å². The fraction of sp³-hybridized carbons (Fsp3) is 0.296. The number of carbonyl (C=O) groups is 6. The van der Waals surface area contributed by atoms with Crippen molar-refractivity contribution in [2.75, 3.05) is 21.3 Å². The molecule has 4 N–H and O–H groups in total. The molecule has 4 amide bonds. The minimum atomic E-state index is -0.322. The van der Waals surface area contributed by atoms with Crippen molar-refractivity contribution in [1.82, 2.24) is 19.9 Å². The zero-order chi connectivity index (χ0) is 47.5. The number of aromatic nitrogens is 4. The molecular weight excluding hydrogens is 857 g/mol. The van der Waals surface area contributed by atoms with Crippen LogP contribution in [-0.2, 0) is 19.2 Å². The van der Waals surface area contributed by atoms with Gasteiger partial charge in [0.05, 0.1) is 22.8 Å². The molecule has 1 aliphatic rings. The van der Waals surface area contributed by atoms with Crippen LogP contribution in [0.25, 0.3) is 22.8 Å². The summed E-state index contributed by atoms with van der Waals surface area (Å²) in [6.07, 6.45) is 18.5. The van der Waals surface area contributed by atoms with Gasteiger partial charge in [-0.15, -0.1) is 0 Å². The van der Waals surface area contributed by atoms with Gasteiger partial charge < -0.3 is 21.3 Å². The second kappa shape index (κ2) is 24.7. The third-order valence-corrected chi connectivity index (χ3v) is 11.6. The van der Waals surface area contributed by atoms with E-state index in [9.17, 15) is 28.8 Å². The highest BCUT2D eigenvalue weighted by atomic mass is 16.2. The van der Waals surface area contributed by atoms with Crippen LogP contribution < -0.4 is 21.3 Å². The first-order valence-electron chi connectivity index (χ1n) is 23.5. The van der Waals surface area contributed by atoms with Crippen LogP contribution in [-0.4, -0.2) is 55.1 Å². The molecule has 1 aliphatic carbocycles. The molecule has 0 spiro atoms. The van der Waals surface area contributed by atoms with Crippen molar-refractivity contribution in [2.24, 2.45) is 0 Å². The fourth-order valence-electron chi connectivity index (χ4n) is 8.08. The van der Waals surface area contributed by atoms with Crippen LogP contribution in [0.5, 0.6) is 0 Å². The Kier molecular flexibility index (Phi) is 17.5. The van der Waals surface area contributed by atoms with E-state index in [1.54, 1.807) is 73.3 Å². The summed E-state index contributed by atoms with van der Waals surface area (Å²) in [6.45, 7) is 0. The van der Waals surface area contributed by atoms with Crippen LogP contribution in [0, 0.1) is 0 Å². The molecule has 0 fully saturated rings. The van der Waals surface area contributed by atoms with Crippen molar-refractivity contribution in [3.05, 3.63) is 144 Å². The van der Waals surface area contributed by atoms with Gasteiger partial charge in [-0.2, -0.15) is 0 Å². The van der Waals surface area contributed by atoms with Crippen molar-refractivity contribution < 1.29 is 28.8 Å². The largest absolute Gasteiger partial charge is 0.326 e. The predicted molar refractivity (Wildman–Crippen MR) is 263 cm³/mol. The molecule has 0 saturated carbocycles. The summed E-state index contributed by atoms with van der Waals surface area (Å²) in [4.78, 5) is 95.0. The number of hydrogen-bond donors (Lipinski definition) is 4. The van der Waals surface area contributed by atoms with Gasteiger partial charge in [0.15, 0.2) is 11.6 Å². The number of carbonyl (C=O) groups excluding carboxylic acids is 6. The third-order valence-electron chi connectivity index (χ3n) is 11.6. The van der Waals surface area contributed by atoms with Crippen LogP contribution in [0.3, 0.4) is 0 Å². The van der Waals surface area contributed by atoms with E-state index in [0.29, 0.717) is 72.7 Å². The van der Waals surface area contributed by atoms with Gasteiger partial charge in [-0.25, -0.2) is 0 Å². The zero-order valence-corrected chi connectivity index (χ0v) is 38.1. The Balaban J connectivity index is 0.740. The number of ketones is 2. The smallest absolute Gasteiger partial charge is 0.224 e. The Morgan fingerprint density at radius 1 is 0.324 bits per heavy atom. The predicted octanol–water partition coefficient (Wildman–Crippen LogP) is 10.8. The van der Waals surface area contributed by atoms with E-state index in [4.69, 9.17) is 0 Å². The number of unbranched alkanes of at least 4 members (excludes halogenated alkanes) is 10. The molecule has 348 valence electrons. The van der Waals surface area contributed by atoms with E-state index in [-0.39, 0.29) is 57.4 Å². The Bertz CT molecular complexity index is 2540. The fourth-order valence-corrected chi connectivity index (χ4v) is 8.08. The molecule has 0 atom stereocenters. The molecule has 7 rings (SSSR count). The van der Waals surface area contributed by atoms with Gasteiger partial charge in [-0.05, 0) is 111 Å². The van der Waals surface area contributed by atoms with Gasteiger partial charge in [0.2, 0.25) is 23.6 Å². The number of benzene rings is 2. The summed E-state index contributed by atoms with van der Waals surface area (Å²) in [5.41, 5.74) is 6.08. The number of nitrogens with zero attached hydrogens (tertiary/aromatic N) is 4. The number of hydrogen-bond acceptors (Lipinski definition) is 10. The van der Waals surface area contributed by atoms with Gasteiger partial charge in [0.25, 0.3) is 0 Å². The lowest BCUT2D eigenvalue weighted by atomic mass is 9.83. The Labute approximate surface area is 396 Å². The van der Waals surface area contributed by atoms with Gasteiger partial charge in [0.1, 0.15) is 0 Å². The maximum Gasteiger partial charge on any atom is 0.224 e. The van der Waals surface area contributed by atoms with Gasteiger partial charge in [-0.1, -0.05) is 63.5 Å². The number of nitrogens with one attached hydrogen (secondary N) is 4. The van der Waals surface area contributed by atoms with E-state index in [0.717, 1.165) is 75.6 Å². The molecular formula is C54H56N8O6. The molecule has 0 unspecified atom stereocenters. The first-order valence-corrected chi connectivity index (χ1v) is 23.5. The molecule has 4 heterocycles. The van der Waals surface area contributed by atoms with E-state index in [1.165, 1.54) is 0 Å². The lowest BCUT2D eigenvalue weighted by Crippen LogP contribution is -2.22. The van der Waals surface area contributed by atoms with Crippen molar-refractivity contribution in [3.63, 3.8) is 0 Å². The highest BCUT2D eigenvalue weighted by molar-refractivity contribution is 6.29. The average Bonchev–Trinajstić information content (AvgIpc) is 3.35. The normalized spacial score (nSPS) is 11.6. The average molecular weight is 913 g/mol. The van der Waals surface area contributed by atoms with Crippen molar-refractivity contribution in [2.45, 2.75) is 103 Å². The van der Waals surface area contributed by atoms with E-state index >= 15 is 0 Å². The topological polar surface area (TPSA) is 202 Å². The van der Waals surface area contributed by atoms with E-state index in [1.807, 2.05) is 48.5 Å². The molecule has 0 saturated heterocycles. The maximum absolute atomic E-state index is 13.6. The minimum Gasteiger partial charge on any atom is -0.326 e. The standard InChI is InChI=1S/C54H56N8O6/c63-49(19-9-5-1-3-7-11-21-51(65)61-39-27-31-57-47(35-39)45-17-13-15-29-55-45)59-37-23-25-41-43(33-37)53(67)42-26-24-38(34-44(42)54(41)68)60-50(64)20-10-6-2-4-8-12-22-52(66)62-40-28-32-58-48(36-40)46-18-14-16-30-56-46/h13-18,23-36H,1-12,19-22H2,(H,59,63)(H,60,64)(H,57,61,65)(H,58,62,66). The second-order valence-corrected chi connectivity index (χ2v) is 16.9. The SMILES string of the molecule is O=C(CCCCCCCCC(=O)Nc1ccc2c(c1)C(=O)c1ccc(NC(=O)CCCCCCCCC(=O)Nc3ccnc(-c4ccccn4)c3)cc1C2=O)Nc1ccnc(-c2ccccn2)c1. The molecule has 0 aliphatic heterocycles.